The largest absolute Gasteiger partial charge is 0.492 e. The second-order valence-electron chi connectivity index (χ2n) is 4.85. The molecule has 7 heteroatoms. The Kier molecular flexibility index (Phi) is 5.33. The lowest BCUT2D eigenvalue weighted by molar-refractivity contribution is 0.0947. The third-order valence-corrected chi connectivity index (χ3v) is 4.14. The van der Waals surface area contributed by atoms with E-state index in [9.17, 15) is 17.6 Å². The Bertz CT molecular complexity index is 771. The highest BCUT2D eigenvalue weighted by Gasteiger charge is 2.07. The Morgan fingerprint density at radius 3 is 2.26 bits per heavy atom. The molecule has 0 spiro atoms. The molecule has 0 fully saturated rings. The van der Waals surface area contributed by atoms with Gasteiger partial charge in [-0.05, 0) is 48.5 Å². The van der Waals surface area contributed by atoms with Crippen LogP contribution in [0.25, 0.3) is 0 Å². The third-order valence-electron chi connectivity index (χ3n) is 3.01. The van der Waals surface area contributed by atoms with Crippen molar-refractivity contribution in [3.05, 3.63) is 59.9 Å². The number of ether oxygens (including phenoxy) is 1. The molecule has 0 bridgehead atoms. The Balaban J connectivity index is 1.79. The summed E-state index contributed by atoms with van der Waals surface area (Å²) in [5, 5.41) is 2.64. The lowest BCUT2D eigenvalue weighted by Crippen LogP contribution is -2.28. The highest BCUT2D eigenvalue weighted by molar-refractivity contribution is 7.90. The molecule has 0 aliphatic rings. The molecule has 2 aromatic rings. The molecule has 0 unspecified atom stereocenters. The quantitative estimate of drug-likeness (QED) is 0.819. The normalized spacial score (nSPS) is 11.0. The van der Waals surface area contributed by atoms with Gasteiger partial charge in [0, 0.05) is 11.8 Å². The van der Waals surface area contributed by atoms with Gasteiger partial charge >= 0.3 is 0 Å². The van der Waals surface area contributed by atoms with Crippen LogP contribution >= 0.6 is 0 Å². The number of amides is 1. The van der Waals surface area contributed by atoms with Gasteiger partial charge in [0.05, 0.1) is 11.4 Å². The summed E-state index contributed by atoms with van der Waals surface area (Å²) >= 11 is 0. The summed E-state index contributed by atoms with van der Waals surface area (Å²) in [4.78, 5) is 12.0. The molecule has 0 saturated heterocycles. The first-order chi connectivity index (χ1) is 10.9. The maximum atomic E-state index is 12.8. The Morgan fingerprint density at radius 2 is 1.70 bits per heavy atom. The van der Waals surface area contributed by atoms with Gasteiger partial charge in [0.2, 0.25) is 0 Å². The molecule has 0 atom stereocenters. The number of carbonyl (C=O) groups excluding carboxylic acids is 1. The van der Waals surface area contributed by atoms with Crippen LogP contribution in [0.2, 0.25) is 0 Å². The Morgan fingerprint density at radius 1 is 1.09 bits per heavy atom. The highest BCUT2D eigenvalue weighted by atomic mass is 32.2. The van der Waals surface area contributed by atoms with E-state index in [0.717, 1.165) is 6.26 Å². The average molecular weight is 337 g/mol. The van der Waals surface area contributed by atoms with Crippen molar-refractivity contribution in [2.45, 2.75) is 4.90 Å². The number of sulfone groups is 1. The lowest BCUT2D eigenvalue weighted by Gasteiger charge is -2.08. The maximum Gasteiger partial charge on any atom is 0.251 e. The van der Waals surface area contributed by atoms with E-state index in [2.05, 4.69) is 5.32 Å². The number of hydrogen-bond donors (Lipinski definition) is 1. The average Bonchev–Trinajstić information content (AvgIpc) is 2.51. The zero-order valence-corrected chi connectivity index (χ0v) is 13.3. The first-order valence-corrected chi connectivity index (χ1v) is 8.72. The number of rotatable bonds is 6. The smallest absolute Gasteiger partial charge is 0.251 e. The minimum Gasteiger partial charge on any atom is -0.492 e. The summed E-state index contributed by atoms with van der Waals surface area (Å²) in [6, 6.07) is 11.3. The van der Waals surface area contributed by atoms with Crippen molar-refractivity contribution in [2.75, 3.05) is 19.4 Å². The van der Waals surface area contributed by atoms with Crippen LogP contribution in [0.15, 0.2) is 53.4 Å². The van der Waals surface area contributed by atoms with Gasteiger partial charge in [-0.3, -0.25) is 4.79 Å². The van der Waals surface area contributed by atoms with E-state index >= 15 is 0 Å². The molecular weight excluding hydrogens is 321 g/mol. The van der Waals surface area contributed by atoms with Crippen molar-refractivity contribution < 1.29 is 22.3 Å². The van der Waals surface area contributed by atoms with Gasteiger partial charge in [0.25, 0.3) is 5.91 Å². The zero-order chi connectivity index (χ0) is 16.9. The van der Waals surface area contributed by atoms with Gasteiger partial charge in [-0.1, -0.05) is 0 Å². The molecule has 1 N–H and O–H groups in total. The molecule has 0 aliphatic carbocycles. The number of hydrogen-bond acceptors (Lipinski definition) is 4. The molecule has 0 aromatic heterocycles. The summed E-state index contributed by atoms with van der Waals surface area (Å²) in [5.41, 5.74) is 0.365. The summed E-state index contributed by atoms with van der Waals surface area (Å²) in [7, 11) is -3.23. The molecule has 0 saturated carbocycles. The third kappa shape index (κ3) is 5.07. The topological polar surface area (TPSA) is 72.5 Å². The second kappa shape index (κ2) is 7.23. The van der Waals surface area contributed by atoms with E-state index in [4.69, 9.17) is 4.74 Å². The first kappa shape index (κ1) is 17.0. The molecule has 0 heterocycles. The van der Waals surface area contributed by atoms with Crippen molar-refractivity contribution in [1.29, 1.82) is 0 Å². The van der Waals surface area contributed by atoms with Crippen LogP contribution in [0.1, 0.15) is 10.4 Å². The second-order valence-corrected chi connectivity index (χ2v) is 6.87. The van der Waals surface area contributed by atoms with Crippen LogP contribution in [0.5, 0.6) is 5.75 Å². The minimum absolute atomic E-state index is 0.217. The van der Waals surface area contributed by atoms with Gasteiger partial charge in [-0.2, -0.15) is 0 Å². The molecular formula is C16H16FNO4S. The van der Waals surface area contributed by atoms with Crippen LogP contribution < -0.4 is 10.1 Å². The predicted octanol–water partition coefficient (Wildman–Crippen LogP) is 2.04. The molecule has 5 nitrogen and oxygen atoms in total. The lowest BCUT2D eigenvalue weighted by atomic mass is 10.2. The fraction of sp³-hybridized carbons (Fsp3) is 0.188. The van der Waals surface area contributed by atoms with Crippen molar-refractivity contribution in [3.8, 4) is 5.75 Å². The van der Waals surface area contributed by atoms with Crippen molar-refractivity contribution in [2.24, 2.45) is 0 Å². The number of carbonyl (C=O) groups is 1. The van der Waals surface area contributed by atoms with Crippen molar-refractivity contribution in [3.63, 3.8) is 0 Å². The fourth-order valence-corrected chi connectivity index (χ4v) is 2.45. The van der Waals surface area contributed by atoms with E-state index in [1.807, 2.05) is 0 Å². The standard InChI is InChI=1S/C16H16FNO4S/c1-23(20,21)15-8-6-14(7-9-15)22-11-10-18-16(19)12-2-4-13(17)5-3-12/h2-9H,10-11H2,1H3,(H,18,19). The maximum absolute atomic E-state index is 12.8. The van der Waals surface area contributed by atoms with E-state index in [-0.39, 0.29) is 24.0 Å². The van der Waals surface area contributed by atoms with Gasteiger partial charge in [-0.15, -0.1) is 0 Å². The molecule has 0 radical (unpaired) electrons. The molecule has 23 heavy (non-hydrogen) atoms. The monoisotopic (exact) mass is 337 g/mol. The highest BCUT2D eigenvalue weighted by Crippen LogP contribution is 2.15. The van der Waals surface area contributed by atoms with Crippen LogP contribution in [0, 0.1) is 5.82 Å². The van der Waals surface area contributed by atoms with Gasteiger partial charge in [0.1, 0.15) is 18.2 Å². The summed E-state index contributed by atoms with van der Waals surface area (Å²) < 4.78 is 40.8. The Labute approximate surface area is 134 Å². The van der Waals surface area contributed by atoms with Crippen LogP contribution in [-0.4, -0.2) is 33.7 Å². The number of halogens is 1. The van der Waals surface area contributed by atoms with Crippen molar-refractivity contribution in [1.82, 2.24) is 5.32 Å². The molecule has 122 valence electrons. The molecule has 2 aromatic carbocycles. The predicted molar refractivity (Wildman–Crippen MR) is 83.8 cm³/mol. The van der Waals surface area contributed by atoms with E-state index in [1.54, 1.807) is 12.1 Å². The van der Waals surface area contributed by atoms with Crippen LogP contribution in [-0.2, 0) is 9.84 Å². The van der Waals surface area contributed by atoms with Crippen molar-refractivity contribution >= 4 is 15.7 Å². The fourth-order valence-electron chi connectivity index (χ4n) is 1.82. The Hall–Kier alpha value is -2.41. The molecule has 2 rings (SSSR count). The molecule has 1 amide bonds. The van der Waals surface area contributed by atoms with E-state index in [1.165, 1.54) is 36.4 Å². The molecule has 0 aliphatic heterocycles. The van der Waals surface area contributed by atoms with Crippen LogP contribution in [0.3, 0.4) is 0 Å². The number of benzene rings is 2. The van der Waals surface area contributed by atoms with Gasteiger partial charge in [-0.25, -0.2) is 12.8 Å². The number of nitrogens with one attached hydrogen (secondary N) is 1. The summed E-state index contributed by atoms with van der Waals surface area (Å²) in [5.74, 6) is -0.211. The summed E-state index contributed by atoms with van der Waals surface area (Å²) in [6.07, 6.45) is 1.13. The minimum atomic E-state index is -3.23. The SMILES string of the molecule is CS(=O)(=O)c1ccc(OCCNC(=O)c2ccc(F)cc2)cc1. The summed E-state index contributed by atoms with van der Waals surface area (Å²) in [6.45, 7) is 0.495. The van der Waals surface area contributed by atoms with E-state index < -0.39 is 15.7 Å². The first-order valence-electron chi connectivity index (χ1n) is 6.83. The van der Waals surface area contributed by atoms with Gasteiger partial charge in [0.15, 0.2) is 9.84 Å². The van der Waals surface area contributed by atoms with E-state index in [0.29, 0.717) is 11.3 Å². The van der Waals surface area contributed by atoms with Gasteiger partial charge < -0.3 is 10.1 Å². The van der Waals surface area contributed by atoms with Crippen LogP contribution in [0.4, 0.5) is 4.39 Å². The zero-order valence-electron chi connectivity index (χ0n) is 12.5.